The van der Waals surface area contributed by atoms with Crippen LogP contribution in [0.5, 0.6) is 0 Å². The Labute approximate surface area is 139 Å². The highest BCUT2D eigenvalue weighted by molar-refractivity contribution is 8.02. The van der Waals surface area contributed by atoms with Gasteiger partial charge in [0.15, 0.2) is 0 Å². The first-order valence-electron chi connectivity index (χ1n) is 5.00. The third-order valence-corrected chi connectivity index (χ3v) is 6.14. The van der Waals surface area contributed by atoms with Gasteiger partial charge in [-0.05, 0) is 36.2 Å². The van der Waals surface area contributed by atoms with E-state index in [-0.39, 0.29) is 6.67 Å². The van der Waals surface area contributed by atoms with Crippen molar-refractivity contribution in [1.82, 2.24) is 4.31 Å². The predicted molar refractivity (Wildman–Crippen MR) is 83.3 cm³/mol. The summed E-state index contributed by atoms with van der Waals surface area (Å²) in [6.45, 7) is 0.160. The van der Waals surface area contributed by atoms with Crippen molar-refractivity contribution in [3.8, 4) is 0 Å². The van der Waals surface area contributed by atoms with Crippen LogP contribution in [0.4, 0.5) is 5.69 Å². The molecular weight excluding hydrogens is 373 g/mol. The minimum absolute atomic E-state index is 0.160. The summed E-state index contributed by atoms with van der Waals surface area (Å²) in [7, 11) is 0. The van der Waals surface area contributed by atoms with Crippen LogP contribution in [-0.2, 0) is 4.79 Å². The Hall–Kier alpha value is 0.290. The van der Waals surface area contributed by atoms with E-state index in [9.17, 15) is 4.79 Å². The highest BCUT2D eigenvalue weighted by Gasteiger charge is 2.63. The molecule has 0 atom stereocenters. The van der Waals surface area contributed by atoms with Crippen LogP contribution in [0.15, 0.2) is 24.3 Å². The lowest BCUT2D eigenvalue weighted by Crippen LogP contribution is -2.38. The number of rotatable bonds is 3. The van der Waals surface area contributed by atoms with Gasteiger partial charge in [-0.1, -0.05) is 58.0 Å². The number of amides is 1. The zero-order valence-electron chi connectivity index (χ0n) is 9.17. The van der Waals surface area contributed by atoms with Gasteiger partial charge in [0.1, 0.15) is 6.67 Å². The highest BCUT2D eigenvalue weighted by Crippen LogP contribution is 2.58. The lowest BCUT2D eigenvalue weighted by Gasteiger charge is -2.18. The van der Waals surface area contributed by atoms with Gasteiger partial charge in [-0.3, -0.25) is 9.10 Å². The fourth-order valence-corrected chi connectivity index (χ4v) is 3.48. The Balaban J connectivity index is 2.02. The molecule has 104 valence electrons. The molecule has 1 heterocycles. The third-order valence-electron chi connectivity index (χ3n) is 2.36. The Morgan fingerprint density at radius 1 is 1.16 bits per heavy atom. The van der Waals surface area contributed by atoms with Gasteiger partial charge in [-0.2, -0.15) is 0 Å². The number of hydrogen-bond acceptors (Lipinski definition) is 3. The molecule has 0 spiro atoms. The molecule has 9 heteroatoms. The second-order valence-electron chi connectivity index (χ2n) is 3.71. The van der Waals surface area contributed by atoms with Gasteiger partial charge in [0, 0.05) is 10.7 Å². The van der Waals surface area contributed by atoms with E-state index in [1.54, 1.807) is 24.3 Å². The van der Waals surface area contributed by atoms with Crippen LogP contribution in [0.25, 0.3) is 0 Å². The molecule has 1 aromatic rings. The number of halogens is 5. The highest BCUT2D eigenvalue weighted by atomic mass is 35.5. The van der Waals surface area contributed by atoms with Crippen molar-refractivity contribution in [3.63, 3.8) is 0 Å². The summed E-state index contributed by atoms with van der Waals surface area (Å²) in [4.78, 5) is 11.9. The number of carbonyl (C=O) groups excluding carboxylic acids is 1. The zero-order valence-corrected chi connectivity index (χ0v) is 13.8. The molecule has 2 rings (SSSR count). The molecule has 1 N–H and O–H groups in total. The summed E-state index contributed by atoms with van der Waals surface area (Å²) >= 11 is 30.2. The van der Waals surface area contributed by atoms with Gasteiger partial charge < -0.3 is 5.32 Å². The summed E-state index contributed by atoms with van der Waals surface area (Å²) in [6.07, 6.45) is 0. The second kappa shape index (κ2) is 5.58. The van der Waals surface area contributed by atoms with Crippen LogP contribution < -0.4 is 5.32 Å². The molecule has 0 saturated carbocycles. The minimum Gasteiger partial charge on any atom is -0.367 e. The fraction of sp³-hybridized carbons (Fsp3) is 0.300. The number of nitrogens with zero attached hydrogens (tertiary/aromatic N) is 1. The molecular formula is C10H7Cl5N2OS. The smallest absolute Gasteiger partial charge is 0.274 e. The maximum Gasteiger partial charge on any atom is 0.274 e. The first kappa shape index (κ1) is 15.7. The van der Waals surface area contributed by atoms with Crippen LogP contribution in [-0.4, -0.2) is 24.9 Å². The van der Waals surface area contributed by atoms with E-state index in [4.69, 9.17) is 58.0 Å². The van der Waals surface area contributed by atoms with Crippen molar-refractivity contribution < 1.29 is 4.79 Å². The fourth-order valence-electron chi connectivity index (χ4n) is 1.35. The lowest BCUT2D eigenvalue weighted by molar-refractivity contribution is -0.125. The molecule has 0 bridgehead atoms. The van der Waals surface area contributed by atoms with Gasteiger partial charge in [0.2, 0.25) is 8.00 Å². The predicted octanol–water partition coefficient (Wildman–Crippen LogP) is 4.51. The Kier molecular flexibility index (Phi) is 4.61. The molecule has 0 aliphatic carbocycles. The number of benzene rings is 1. The van der Waals surface area contributed by atoms with Gasteiger partial charge in [0.05, 0.1) is 0 Å². The van der Waals surface area contributed by atoms with Gasteiger partial charge in [-0.15, -0.1) is 0 Å². The first-order chi connectivity index (χ1) is 8.74. The summed E-state index contributed by atoms with van der Waals surface area (Å²) in [5, 5.41) is 3.63. The molecule has 1 aromatic carbocycles. The van der Waals surface area contributed by atoms with Crippen molar-refractivity contribution in [3.05, 3.63) is 29.3 Å². The van der Waals surface area contributed by atoms with E-state index in [1.165, 1.54) is 4.31 Å². The number of anilines is 1. The second-order valence-corrected chi connectivity index (χ2v) is 8.48. The topological polar surface area (TPSA) is 32.3 Å². The Bertz CT molecular complexity index is 493. The molecule has 1 aliphatic heterocycles. The van der Waals surface area contributed by atoms with E-state index < -0.39 is 13.9 Å². The standard InChI is InChI=1S/C10H7Cl5N2OS/c11-6-1-3-7(4-2-6)16-5-17-8(18)9(12,13)10(14,15)19-17/h1-4,16H,5H2. The minimum atomic E-state index is -1.87. The summed E-state index contributed by atoms with van der Waals surface area (Å²) in [6, 6.07) is 7.00. The SMILES string of the molecule is O=C1N(CNc2ccc(Cl)cc2)SC(Cl)(Cl)C1(Cl)Cl. The average Bonchev–Trinajstić information content (AvgIpc) is 2.49. The van der Waals surface area contributed by atoms with Crippen LogP contribution in [0.2, 0.25) is 5.02 Å². The molecule has 1 fully saturated rings. The van der Waals surface area contributed by atoms with Crippen LogP contribution in [0.3, 0.4) is 0 Å². The van der Waals surface area contributed by atoms with Crippen molar-refractivity contribution in [2.45, 2.75) is 8.00 Å². The van der Waals surface area contributed by atoms with E-state index in [0.717, 1.165) is 17.6 Å². The van der Waals surface area contributed by atoms with Crippen molar-refractivity contribution >= 4 is 81.5 Å². The summed E-state index contributed by atoms with van der Waals surface area (Å²) < 4.78 is -2.22. The lowest BCUT2D eigenvalue weighted by atomic mass is 10.3. The Morgan fingerprint density at radius 3 is 2.21 bits per heavy atom. The third kappa shape index (κ3) is 3.14. The van der Waals surface area contributed by atoms with Gasteiger partial charge >= 0.3 is 0 Å². The maximum absolute atomic E-state index is 11.9. The van der Waals surface area contributed by atoms with E-state index in [1.807, 2.05) is 0 Å². The zero-order chi connectivity index (χ0) is 14.3. The van der Waals surface area contributed by atoms with Gasteiger partial charge in [0.25, 0.3) is 5.91 Å². The maximum atomic E-state index is 11.9. The quantitative estimate of drug-likeness (QED) is 0.619. The number of alkyl halides is 4. The summed E-state index contributed by atoms with van der Waals surface area (Å²) in [5.74, 6) is -0.563. The van der Waals surface area contributed by atoms with Crippen LogP contribution >= 0.6 is 70.0 Å². The number of hydrogen-bond donors (Lipinski definition) is 1. The van der Waals surface area contributed by atoms with E-state index in [0.29, 0.717) is 5.02 Å². The van der Waals surface area contributed by atoms with Crippen LogP contribution in [0, 0.1) is 0 Å². The summed E-state index contributed by atoms with van der Waals surface area (Å²) in [5.41, 5.74) is 0.786. The van der Waals surface area contributed by atoms with Crippen LogP contribution in [0.1, 0.15) is 0 Å². The monoisotopic (exact) mass is 378 g/mol. The molecule has 1 aliphatic rings. The number of nitrogens with one attached hydrogen (secondary N) is 1. The van der Waals surface area contributed by atoms with Crippen molar-refractivity contribution in [2.24, 2.45) is 0 Å². The Morgan fingerprint density at radius 2 is 1.74 bits per heavy atom. The normalized spacial score (nSPS) is 20.7. The molecule has 19 heavy (non-hydrogen) atoms. The van der Waals surface area contributed by atoms with Gasteiger partial charge in [-0.25, -0.2) is 0 Å². The number of carbonyl (C=O) groups is 1. The molecule has 3 nitrogen and oxygen atoms in total. The molecule has 0 unspecified atom stereocenters. The van der Waals surface area contributed by atoms with Crippen molar-refractivity contribution in [2.75, 3.05) is 12.0 Å². The molecule has 1 amide bonds. The average molecular weight is 381 g/mol. The van der Waals surface area contributed by atoms with E-state index >= 15 is 0 Å². The molecule has 1 saturated heterocycles. The molecule has 0 radical (unpaired) electrons. The first-order valence-corrected chi connectivity index (χ1v) is 7.66. The molecule has 0 aromatic heterocycles. The largest absolute Gasteiger partial charge is 0.367 e. The van der Waals surface area contributed by atoms with Crippen molar-refractivity contribution in [1.29, 1.82) is 0 Å². The van der Waals surface area contributed by atoms with E-state index in [2.05, 4.69) is 5.32 Å².